The monoisotopic (exact) mass is 311 g/mol. The van der Waals surface area contributed by atoms with E-state index in [1.165, 1.54) is 7.11 Å². The van der Waals surface area contributed by atoms with Gasteiger partial charge in [-0.15, -0.1) is 0 Å². The summed E-state index contributed by atoms with van der Waals surface area (Å²) in [5.41, 5.74) is 0. The summed E-state index contributed by atoms with van der Waals surface area (Å²) in [6.07, 6.45) is 2.11. The quantitative estimate of drug-likeness (QED) is 0.763. The third-order valence-corrected chi connectivity index (χ3v) is 4.86. The number of carbonyl (C=O) groups excluding carboxylic acids is 2. The number of hydrogen-bond acceptors (Lipinski definition) is 4. The van der Waals surface area contributed by atoms with Gasteiger partial charge in [0.1, 0.15) is 12.6 Å². The van der Waals surface area contributed by atoms with Crippen molar-refractivity contribution in [1.29, 1.82) is 0 Å². The van der Waals surface area contributed by atoms with Crippen LogP contribution in [-0.4, -0.2) is 62.7 Å². The summed E-state index contributed by atoms with van der Waals surface area (Å²) in [4.78, 5) is 26.5. The van der Waals surface area contributed by atoms with Crippen LogP contribution in [0.5, 0.6) is 0 Å². The van der Waals surface area contributed by atoms with Crippen molar-refractivity contribution >= 4 is 11.8 Å². The minimum atomic E-state index is -0.460. The molecule has 0 aromatic carbocycles. The summed E-state index contributed by atoms with van der Waals surface area (Å²) in [6.45, 7) is 7.66. The zero-order valence-electron chi connectivity index (χ0n) is 13.9. The number of nitrogens with zero attached hydrogens (tertiary/aromatic N) is 1. The molecule has 0 bridgehead atoms. The van der Waals surface area contributed by atoms with E-state index in [1.54, 1.807) is 0 Å². The fraction of sp³-hybridized carbons (Fsp3) is 0.875. The van der Waals surface area contributed by atoms with Crippen molar-refractivity contribution in [2.24, 2.45) is 17.8 Å². The van der Waals surface area contributed by atoms with Crippen LogP contribution < -0.4 is 10.6 Å². The van der Waals surface area contributed by atoms with Gasteiger partial charge in [-0.2, -0.15) is 0 Å². The molecule has 0 spiro atoms. The van der Waals surface area contributed by atoms with Gasteiger partial charge in [0.05, 0.1) is 0 Å². The van der Waals surface area contributed by atoms with Gasteiger partial charge in [-0.3, -0.25) is 9.59 Å². The van der Waals surface area contributed by atoms with E-state index in [0.717, 1.165) is 39.0 Å². The Kier molecular flexibility index (Phi) is 6.20. The second kappa shape index (κ2) is 7.92. The largest absolute Gasteiger partial charge is 0.375 e. The van der Waals surface area contributed by atoms with Gasteiger partial charge in [-0.1, -0.05) is 13.8 Å². The summed E-state index contributed by atoms with van der Waals surface area (Å²) in [6, 6.07) is -0.460. The first-order valence-electron chi connectivity index (χ1n) is 8.30. The van der Waals surface area contributed by atoms with E-state index in [0.29, 0.717) is 11.8 Å². The van der Waals surface area contributed by atoms with E-state index < -0.39 is 6.04 Å². The topological polar surface area (TPSA) is 70.7 Å². The van der Waals surface area contributed by atoms with Gasteiger partial charge in [0.15, 0.2) is 0 Å². The molecule has 2 N–H and O–H groups in total. The molecule has 22 heavy (non-hydrogen) atoms. The van der Waals surface area contributed by atoms with Crippen LogP contribution in [0.15, 0.2) is 0 Å². The molecule has 6 heteroatoms. The average molecular weight is 311 g/mol. The van der Waals surface area contributed by atoms with E-state index in [2.05, 4.69) is 10.6 Å². The van der Waals surface area contributed by atoms with Crippen LogP contribution >= 0.6 is 0 Å². The molecule has 2 rings (SSSR count). The zero-order chi connectivity index (χ0) is 16.1. The maximum absolute atomic E-state index is 12.8. The Balaban J connectivity index is 1.96. The highest BCUT2D eigenvalue weighted by molar-refractivity contribution is 5.88. The van der Waals surface area contributed by atoms with Crippen molar-refractivity contribution in [3.8, 4) is 0 Å². The molecular weight excluding hydrogens is 282 g/mol. The lowest BCUT2D eigenvalue weighted by Crippen LogP contribution is -2.52. The molecule has 3 atom stereocenters. The third-order valence-electron chi connectivity index (χ3n) is 4.86. The van der Waals surface area contributed by atoms with Crippen LogP contribution in [-0.2, 0) is 14.3 Å². The SMILES string of the molecule is COCC(=O)N[C@H](C(=O)N1CC[C@@H]2CNC[C@@H]2CC1)C(C)C. The van der Waals surface area contributed by atoms with Crippen molar-refractivity contribution in [1.82, 2.24) is 15.5 Å². The Morgan fingerprint density at radius 3 is 2.32 bits per heavy atom. The standard InChI is InChI=1S/C16H29N3O3/c1-11(2)15(18-14(20)10-22-3)16(21)19-6-4-12-8-17-9-13(12)5-7-19/h11-13,15,17H,4-10H2,1-3H3,(H,18,20)/t12-,13+,15-/m0/s1. The van der Waals surface area contributed by atoms with E-state index in [4.69, 9.17) is 4.74 Å². The summed E-state index contributed by atoms with van der Waals surface area (Å²) < 4.78 is 4.84. The fourth-order valence-corrected chi connectivity index (χ4v) is 3.49. The maximum atomic E-state index is 12.8. The molecule has 2 amide bonds. The van der Waals surface area contributed by atoms with Gasteiger partial charge in [-0.25, -0.2) is 0 Å². The summed E-state index contributed by atoms with van der Waals surface area (Å²) in [7, 11) is 1.48. The Morgan fingerprint density at radius 2 is 1.82 bits per heavy atom. The zero-order valence-corrected chi connectivity index (χ0v) is 13.9. The molecule has 0 unspecified atom stereocenters. The lowest BCUT2D eigenvalue weighted by atomic mass is 9.92. The Bertz CT molecular complexity index is 386. The molecule has 0 aliphatic carbocycles. The number of carbonyl (C=O) groups is 2. The summed E-state index contributed by atoms with van der Waals surface area (Å²) in [5.74, 6) is 1.27. The van der Waals surface area contributed by atoms with Gasteiger partial charge < -0.3 is 20.3 Å². The molecule has 2 heterocycles. The lowest BCUT2D eigenvalue weighted by molar-refractivity contribution is -0.138. The van der Waals surface area contributed by atoms with Crippen molar-refractivity contribution in [3.05, 3.63) is 0 Å². The van der Waals surface area contributed by atoms with E-state index in [9.17, 15) is 9.59 Å². The number of ether oxygens (including phenoxy) is 1. The summed E-state index contributed by atoms with van der Waals surface area (Å²) >= 11 is 0. The normalized spacial score (nSPS) is 26.5. The molecule has 6 nitrogen and oxygen atoms in total. The van der Waals surface area contributed by atoms with Crippen LogP contribution in [0.25, 0.3) is 0 Å². The number of hydrogen-bond donors (Lipinski definition) is 2. The highest BCUT2D eigenvalue weighted by Gasteiger charge is 2.34. The maximum Gasteiger partial charge on any atom is 0.246 e. The first kappa shape index (κ1) is 17.2. The minimum Gasteiger partial charge on any atom is -0.375 e. The van der Waals surface area contributed by atoms with Crippen molar-refractivity contribution in [2.75, 3.05) is 39.9 Å². The number of methoxy groups -OCH3 is 1. The molecule has 0 aromatic rings. The van der Waals surface area contributed by atoms with Crippen molar-refractivity contribution in [3.63, 3.8) is 0 Å². The molecule has 2 fully saturated rings. The number of likely N-dealkylation sites (tertiary alicyclic amines) is 1. The first-order valence-corrected chi connectivity index (χ1v) is 8.30. The van der Waals surface area contributed by atoms with Crippen LogP contribution in [0.3, 0.4) is 0 Å². The summed E-state index contributed by atoms with van der Waals surface area (Å²) in [5, 5.41) is 6.26. The average Bonchev–Trinajstić information content (AvgIpc) is 2.83. The third kappa shape index (κ3) is 4.20. The van der Waals surface area contributed by atoms with Gasteiger partial charge in [-0.05, 0) is 43.7 Å². The number of nitrogens with one attached hydrogen (secondary N) is 2. The Hall–Kier alpha value is -1.14. The first-order chi connectivity index (χ1) is 10.5. The molecular formula is C16H29N3O3. The number of rotatable bonds is 5. The highest BCUT2D eigenvalue weighted by atomic mass is 16.5. The smallest absolute Gasteiger partial charge is 0.246 e. The van der Waals surface area contributed by atoms with Gasteiger partial charge >= 0.3 is 0 Å². The Morgan fingerprint density at radius 1 is 1.23 bits per heavy atom. The molecule has 0 radical (unpaired) electrons. The number of amides is 2. The fourth-order valence-electron chi connectivity index (χ4n) is 3.49. The lowest BCUT2D eigenvalue weighted by Gasteiger charge is -2.29. The highest BCUT2D eigenvalue weighted by Crippen LogP contribution is 2.27. The second-order valence-electron chi connectivity index (χ2n) is 6.80. The predicted octanol–water partition coefficient (Wildman–Crippen LogP) is 0.232. The van der Waals surface area contributed by atoms with E-state index in [1.807, 2.05) is 18.7 Å². The van der Waals surface area contributed by atoms with Gasteiger partial charge in [0, 0.05) is 20.2 Å². The van der Waals surface area contributed by atoms with Gasteiger partial charge in [0.25, 0.3) is 0 Å². The van der Waals surface area contributed by atoms with Crippen LogP contribution in [0, 0.1) is 17.8 Å². The predicted molar refractivity (Wildman–Crippen MR) is 84.3 cm³/mol. The molecule has 2 aliphatic rings. The van der Waals surface area contributed by atoms with E-state index in [-0.39, 0.29) is 24.3 Å². The van der Waals surface area contributed by atoms with Crippen molar-refractivity contribution < 1.29 is 14.3 Å². The van der Waals surface area contributed by atoms with Crippen LogP contribution in [0.4, 0.5) is 0 Å². The van der Waals surface area contributed by atoms with E-state index >= 15 is 0 Å². The minimum absolute atomic E-state index is 0.00762. The molecule has 0 saturated carbocycles. The van der Waals surface area contributed by atoms with Crippen LogP contribution in [0.1, 0.15) is 26.7 Å². The second-order valence-corrected chi connectivity index (χ2v) is 6.80. The molecule has 2 saturated heterocycles. The molecule has 126 valence electrons. The van der Waals surface area contributed by atoms with Crippen molar-refractivity contribution in [2.45, 2.75) is 32.7 Å². The van der Waals surface area contributed by atoms with Gasteiger partial charge in [0.2, 0.25) is 11.8 Å². The van der Waals surface area contributed by atoms with Crippen LogP contribution in [0.2, 0.25) is 0 Å². The molecule has 0 aromatic heterocycles. The number of fused-ring (bicyclic) bond motifs is 1. The molecule has 2 aliphatic heterocycles. The Labute approximate surface area is 132 Å².